The van der Waals surface area contributed by atoms with E-state index in [1.165, 1.54) is 12.1 Å². The van der Waals surface area contributed by atoms with E-state index in [4.69, 9.17) is 0 Å². The van der Waals surface area contributed by atoms with Gasteiger partial charge in [0.05, 0.1) is 11.7 Å². The van der Waals surface area contributed by atoms with E-state index in [0.29, 0.717) is 28.8 Å². The van der Waals surface area contributed by atoms with E-state index < -0.39 is 6.10 Å². The molecule has 108 valence electrons. The first-order valence-electron chi connectivity index (χ1n) is 6.70. The van der Waals surface area contributed by atoms with Crippen LogP contribution in [0.4, 0.5) is 4.39 Å². The maximum atomic E-state index is 13.1. The number of halogens is 1. The number of amides is 1. The normalized spacial score (nSPS) is 12.8. The van der Waals surface area contributed by atoms with Crippen LogP contribution in [0, 0.1) is 11.7 Å². The highest BCUT2D eigenvalue weighted by Crippen LogP contribution is 2.19. The lowest BCUT2D eigenvalue weighted by atomic mass is 10.1. The van der Waals surface area contributed by atoms with Gasteiger partial charge in [0.2, 0.25) is 0 Å². The molecule has 1 heterocycles. The summed E-state index contributed by atoms with van der Waals surface area (Å²) < 4.78 is 13.1. The molecule has 1 unspecified atom stereocenters. The van der Waals surface area contributed by atoms with Crippen molar-refractivity contribution in [1.82, 2.24) is 10.3 Å². The standard InChI is InChI=1S/C15H19FN2O2/c1-9(2)5-11(19)7-18-15(20)13-8-17-14-6-10(16)3-4-12(13)14/h3-4,6,8-9,11,17,19H,5,7H2,1-2H3,(H,18,20). The first kappa shape index (κ1) is 14.5. The van der Waals surface area contributed by atoms with Gasteiger partial charge >= 0.3 is 0 Å². The Morgan fingerprint density at radius 2 is 2.20 bits per heavy atom. The van der Waals surface area contributed by atoms with Crippen LogP contribution < -0.4 is 5.32 Å². The minimum absolute atomic E-state index is 0.213. The number of nitrogens with one attached hydrogen (secondary N) is 2. The summed E-state index contributed by atoms with van der Waals surface area (Å²) in [6.07, 6.45) is 1.63. The fraction of sp³-hybridized carbons (Fsp3) is 0.400. The first-order valence-corrected chi connectivity index (χ1v) is 6.70. The minimum atomic E-state index is -0.554. The number of aliphatic hydroxyl groups is 1. The molecule has 0 aliphatic heterocycles. The van der Waals surface area contributed by atoms with Gasteiger partial charge in [-0.3, -0.25) is 4.79 Å². The van der Waals surface area contributed by atoms with E-state index in [1.54, 1.807) is 12.3 Å². The zero-order valence-electron chi connectivity index (χ0n) is 11.6. The molecule has 0 saturated heterocycles. The molecule has 2 aromatic rings. The average molecular weight is 278 g/mol. The summed E-state index contributed by atoms with van der Waals surface area (Å²) in [6, 6.07) is 4.24. The molecule has 1 atom stereocenters. The van der Waals surface area contributed by atoms with Crippen molar-refractivity contribution >= 4 is 16.8 Å². The van der Waals surface area contributed by atoms with Crippen LogP contribution in [0.3, 0.4) is 0 Å². The van der Waals surface area contributed by atoms with Crippen molar-refractivity contribution in [2.24, 2.45) is 5.92 Å². The molecule has 2 rings (SSSR count). The predicted octanol–water partition coefficient (Wildman–Crippen LogP) is 2.44. The second kappa shape index (κ2) is 6.05. The Morgan fingerprint density at radius 3 is 2.90 bits per heavy atom. The maximum absolute atomic E-state index is 13.1. The van der Waals surface area contributed by atoms with Crippen LogP contribution >= 0.6 is 0 Å². The van der Waals surface area contributed by atoms with E-state index in [-0.39, 0.29) is 18.3 Å². The fourth-order valence-corrected chi connectivity index (χ4v) is 2.22. The molecule has 0 spiro atoms. The van der Waals surface area contributed by atoms with Gasteiger partial charge in [-0.1, -0.05) is 13.8 Å². The molecule has 1 aromatic heterocycles. The lowest BCUT2D eigenvalue weighted by molar-refractivity contribution is 0.0902. The summed E-state index contributed by atoms with van der Waals surface area (Å²) in [4.78, 5) is 14.9. The van der Waals surface area contributed by atoms with Gasteiger partial charge < -0.3 is 15.4 Å². The van der Waals surface area contributed by atoms with E-state index in [2.05, 4.69) is 10.3 Å². The van der Waals surface area contributed by atoms with E-state index in [9.17, 15) is 14.3 Å². The van der Waals surface area contributed by atoms with Crippen molar-refractivity contribution in [3.8, 4) is 0 Å². The number of hydrogen-bond donors (Lipinski definition) is 3. The molecule has 0 bridgehead atoms. The molecule has 0 aliphatic carbocycles. The van der Waals surface area contributed by atoms with Gasteiger partial charge in [0.1, 0.15) is 5.82 Å². The van der Waals surface area contributed by atoms with Crippen LogP contribution in [-0.4, -0.2) is 28.6 Å². The second-order valence-electron chi connectivity index (χ2n) is 5.39. The highest BCUT2D eigenvalue weighted by molar-refractivity contribution is 6.06. The monoisotopic (exact) mass is 278 g/mol. The van der Waals surface area contributed by atoms with Crippen LogP contribution in [0.25, 0.3) is 10.9 Å². The Labute approximate surface area is 117 Å². The summed E-state index contributed by atoms with van der Waals surface area (Å²) in [7, 11) is 0. The molecule has 0 aliphatic rings. The van der Waals surface area contributed by atoms with E-state index >= 15 is 0 Å². The van der Waals surface area contributed by atoms with Crippen molar-refractivity contribution < 1.29 is 14.3 Å². The third-order valence-corrected chi connectivity index (χ3v) is 3.13. The number of aromatic nitrogens is 1. The van der Waals surface area contributed by atoms with Gasteiger partial charge in [0.15, 0.2) is 0 Å². The van der Waals surface area contributed by atoms with Gasteiger partial charge in [-0.05, 0) is 30.5 Å². The van der Waals surface area contributed by atoms with Crippen molar-refractivity contribution in [2.45, 2.75) is 26.4 Å². The number of carbonyl (C=O) groups is 1. The van der Waals surface area contributed by atoms with Crippen molar-refractivity contribution in [3.63, 3.8) is 0 Å². The average Bonchev–Trinajstić information content (AvgIpc) is 2.78. The molecule has 3 N–H and O–H groups in total. The number of carbonyl (C=O) groups excluding carboxylic acids is 1. The molecule has 0 fully saturated rings. The molecule has 1 amide bonds. The quantitative estimate of drug-likeness (QED) is 0.786. The fourth-order valence-electron chi connectivity index (χ4n) is 2.22. The number of benzene rings is 1. The van der Waals surface area contributed by atoms with Gasteiger partial charge in [-0.2, -0.15) is 0 Å². The number of aliphatic hydroxyl groups excluding tert-OH is 1. The predicted molar refractivity (Wildman–Crippen MR) is 76.1 cm³/mol. The van der Waals surface area contributed by atoms with Crippen LogP contribution in [0.5, 0.6) is 0 Å². The Kier molecular flexibility index (Phi) is 4.39. The van der Waals surface area contributed by atoms with Crippen LogP contribution in [-0.2, 0) is 0 Å². The van der Waals surface area contributed by atoms with Crippen LogP contribution in [0.1, 0.15) is 30.6 Å². The largest absolute Gasteiger partial charge is 0.391 e. The summed E-state index contributed by atoms with van der Waals surface area (Å²) in [5.74, 6) is -0.248. The number of rotatable bonds is 5. The van der Waals surface area contributed by atoms with Gasteiger partial charge in [0, 0.05) is 23.6 Å². The molecular weight excluding hydrogens is 259 g/mol. The number of hydrogen-bond acceptors (Lipinski definition) is 2. The molecule has 0 saturated carbocycles. The molecule has 5 heteroatoms. The lowest BCUT2D eigenvalue weighted by Gasteiger charge is -2.13. The van der Waals surface area contributed by atoms with Crippen molar-refractivity contribution in [2.75, 3.05) is 6.54 Å². The molecule has 0 radical (unpaired) electrons. The zero-order chi connectivity index (χ0) is 14.7. The molecule has 4 nitrogen and oxygen atoms in total. The van der Waals surface area contributed by atoms with Crippen LogP contribution in [0.15, 0.2) is 24.4 Å². The van der Waals surface area contributed by atoms with E-state index in [0.717, 1.165) is 0 Å². The highest BCUT2D eigenvalue weighted by Gasteiger charge is 2.14. The first-order chi connectivity index (χ1) is 9.47. The molecular formula is C15H19FN2O2. The Balaban J connectivity index is 2.04. The van der Waals surface area contributed by atoms with Gasteiger partial charge in [0.25, 0.3) is 5.91 Å². The van der Waals surface area contributed by atoms with Crippen molar-refractivity contribution in [3.05, 3.63) is 35.8 Å². The van der Waals surface area contributed by atoms with Gasteiger partial charge in [-0.25, -0.2) is 4.39 Å². The zero-order valence-corrected chi connectivity index (χ0v) is 11.6. The van der Waals surface area contributed by atoms with Gasteiger partial charge in [-0.15, -0.1) is 0 Å². The third kappa shape index (κ3) is 3.36. The molecule has 1 aromatic carbocycles. The van der Waals surface area contributed by atoms with Crippen LogP contribution in [0.2, 0.25) is 0 Å². The molecule has 20 heavy (non-hydrogen) atoms. The van der Waals surface area contributed by atoms with Crippen molar-refractivity contribution in [1.29, 1.82) is 0 Å². The Hall–Kier alpha value is -1.88. The summed E-state index contributed by atoms with van der Waals surface area (Å²) in [6.45, 7) is 4.24. The summed E-state index contributed by atoms with van der Waals surface area (Å²) >= 11 is 0. The minimum Gasteiger partial charge on any atom is -0.391 e. The number of aromatic amines is 1. The second-order valence-corrected chi connectivity index (χ2v) is 5.39. The van der Waals surface area contributed by atoms with E-state index in [1.807, 2.05) is 13.8 Å². The Morgan fingerprint density at radius 1 is 1.45 bits per heavy atom. The topological polar surface area (TPSA) is 65.1 Å². The highest BCUT2D eigenvalue weighted by atomic mass is 19.1. The maximum Gasteiger partial charge on any atom is 0.253 e. The Bertz CT molecular complexity index is 607. The number of fused-ring (bicyclic) bond motifs is 1. The number of H-pyrrole nitrogens is 1. The smallest absolute Gasteiger partial charge is 0.253 e. The summed E-state index contributed by atoms with van der Waals surface area (Å²) in [5.41, 5.74) is 1.04. The lowest BCUT2D eigenvalue weighted by Crippen LogP contribution is -2.32. The summed E-state index contributed by atoms with van der Waals surface area (Å²) in [5, 5.41) is 13.1. The third-order valence-electron chi connectivity index (χ3n) is 3.13. The SMILES string of the molecule is CC(C)CC(O)CNC(=O)c1c[nH]c2cc(F)ccc12.